The van der Waals surface area contributed by atoms with Gasteiger partial charge in [-0.2, -0.15) is 0 Å². The fraction of sp³-hybridized carbons (Fsp3) is 0.222. The van der Waals surface area contributed by atoms with Crippen LogP contribution in [0, 0.1) is 11.6 Å². The average Bonchev–Trinajstić information content (AvgIpc) is 3.01. The predicted octanol–water partition coefficient (Wildman–Crippen LogP) is 5.61. The number of rotatable bonds is 2. The summed E-state index contributed by atoms with van der Waals surface area (Å²) in [6, 6.07) is 6.01. The molecule has 3 aromatic rings. The standard InChI is InChI=1S/C18H12BrClF3N3/c19-17-12(20)7-24-14-3-4-16(25-18(14)17)26-8-10(22)6-15(26)11-5-9(21)1-2-13(11)23/h1-5,7,10,15H,6,8H2/t10-,15+/m0/s1. The number of aromatic nitrogens is 2. The highest BCUT2D eigenvalue weighted by atomic mass is 79.9. The number of anilines is 1. The molecule has 26 heavy (non-hydrogen) atoms. The Balaban J connectivity index is 1.81. The predicted molar refractivity (Wildman–Crippen MR) is 98.2 cm³/mol. The summed E-state index contributed by atoms with van der Waals surface area (Å²) in [6.45, 7) is 0.0464. The van der Waals surface area contributed by atoms with Gasteiger partial charge in [-0.25, -0.2) is 18.2 Å². The Morgan fingerprint density at radius 1 is 1.19 bits per heavy atom. The maximum atomic E-state index is 14.2. The lowest BCUT2D eigenvalue weighted by Crippen LogP contribution is -2.25. The first-order chi connectivity index (χ1) is 12.4. The molecule has 3 nitrogen and oxygen atoms in total. The minimum Gasteiger partial charge on any atom is -0.346 e. The number of fused-ring (bicyclic) bond motifs is 1. The average molecular weight is 443 g/mol. The van der Waals surface area contributed by atoms with Crippen molar-refractivity contribution in [3.8, 4) is 0 Å². The maximum Gasteiger partial charge on any atom is 0.130 e. The van der Waals surface area contributed by atoms with Gasteiger partial charge in [0.2, 0.25) is 0 Å². The van der Waals surface area contributed by atoms with Gasteiger partial charge in [0.15, 0.2) is 0 Å². The van der Waals surface area contributed by atoms with Gasteiger partial charge in [-0.15, -0.1) is 0 Å². The van der Waals surface area contributed by atoms with Crippen LogP contribution in [-0.4, -0.2) is 22.7 Å². The van der Waals surface area contributed by atoms with Crippen LogP contribution >= 0.6 is 27.5 Å². The summed E-state index contributed by atoms with van der Waals surface area (Å²) < 4.78 is 42.6. The highest BCUT2D eigenvalue weighted by Gasteiger charge is 2.36. The van der Waals surface area contributed by atoms with Crippen LogP contribution in [0.5, 0.6) is 0 Å². The number of pyridine rings is 2. The van der Waals surface area contributed by atoms with Crippen molar-refractivity contribution in [2.75, 3.05) is 11.4 Å². The molecule has 0 bridgehead atoms. The second kappa shape index (κ2) is 6.70. The molecule has 0 N–H and O–H groups in total. The summed E-state index contributed by atoms with van der Waals surface area (Å²) in [6.07, 6.45) is 0.407. The van der Waals surface area contributed by atoms with Gasteiger partial charge in [-0.3, -0.25) is 4.98 Å². The molecule has 1 aliphatic rings. The van der Waals surface area contributed by atoms with Crippen molar-refractivity contribution in [1.29, 1.82) is 0 Å². The molecule has 2 aromatic heterocycles. The molecule has 0 saturated carbocycles. The zero-order chi connectivity index (χ0) is 18.4. The Bertz CT molecular complexity index is 1000. The summed E-state index contributed by atoms with van der Waals surface area (Å²) in [7, 11) is 0. The zero-order valence-corrected chi connectivity index (χ0v) is 15.6. The number of hydrogen-bond donors (Lipinski definition) is 0. The molecule has 1 saturated heterocycles. The van der Waals surface area contributed by atoms with Gasteiger partial charge in [-0.1, -0.05) is 11.6 Å². The molecule has 0 unspecified atom stereocenters. The second-order valence-electron chi connectivity index (χ2n) is 6.12. The summed E-state index contributed by atoms with van der Waals surface area (Å²) in [5, 5.41) is 0.402. The molecule has 0 aliphatic carbocycles. The Labute approximate surface area is 160 Å². The molecule has 0 radical (unpaired) electrons. The molecule has 0 spiro atoms. The van der Waals surface area contributed by atoms with Gasteiger partial charge in [0.05, 0.1) is 27.6 Å². The Morgan fingerprint density at radius 3 is 2.81 bits per heavy atom. The van der Waals surface area contributed by atoms with Gasteiger partial charge in [0.25, 0.3) is 0 Å². The maximum absolute atomic E-state index is 14.2. The largest absolute Gasteiger partial charge is 0.346 e. The van der Waals surface area contributed by atoms with Crippen LogP contribution in [0.3, 0.4) is 0 Å². The Kier molecular flexibility index (Phi) is 4.52. The van der Waals surface area contributed by atoms with Gasteiger partial charge < -0.3 is 4.90 Å². The topological polar surface area (TPSA) is 29.0 Å². The Morgan fingerprint density at radius 2 is 2.00 bits per heavy atom. The van der Waals surface area contributed by atoms with Crippen molar-refractivity contribution in [2.45, 2.75) is 18.6 Å². The number of alkyl halides is 1. The summed E-state index contributed by atoms with van der Waals surface area (Å²) in [5.74, 6) is -0.674. The van der Waals surface area contributed by atoms with E-state index in [1.807, 2.05) is 0 Å². The lowest BCUT2D eigenvalue weighted by atomic mass is 10.0. The first kappa shape index (κ1) is 17.5. The van der Waals surface area contributed by atoms with Crippen LogP contribution in [-0.2, 0) is 0 Å². The van der Waals surface area contributed by atoms with Crippen molar-refractivity contribution >= 4 is 44.4 Å². The molecular weight excluding hydrogens is 431 g/mol. The number of benzene rings is 1. The van der Waals surface area contributed by atoms with E-state index in [1.165, 1.54) is 6.20 Å². The van der Waals surface area contributed by atoms with E-state index in [4.69, 9.17) is 11.6 Å². The molecule has 0 amide bonds. The number of hydrogen-bond acceptors (Lipinski definition) is 3. The van der Waals surface area contributed by atoms with E-state index in [0.29, 0.717) is 26.3 Å². The van der Waals surface area contributed by atoms with Crippen molar-refractivity contribution in [1.82, 2.24) is 9.97 Å². The lowest BCUT2D eigenvalue weighted by Gasteiger charge is -2.26. The fourth-order valence-electron chi connectivity index (χ4n) is 3.27. The minimum atomic E-state index is -1.17. The summed E-state index contributed by atoms with van der Waals surface area (Å²) in [4.78, 5) is 10.4. The highest BCUT2D eigenvalue weighted by molar-refractivity contribution is 9.10. The SMILES string of the molecule is Fc1ccc(F)c([C@H]2C[C@H](F)CN2c2ccc3ncc(Cl)c(Br)c3n2)c1. The van der Waals surface area contributed by atoms with Crippen LogP contribution in [0.2, 0.25) is 5.02 Å². The fourth-order valence-corrected chi connectivity index (χ4v) is 3.80. The van der Waals surface area contributed by atoms with E-state index in [2.05, 4.69) is 25.9 Å². The van der Waals surface area contributed by atoms with Crippen LogP contribution in [0.15, 0.2) is 41.0 Å². The third kappa shape index (κ3) is 3.03. The zero-order valence-electron chi connectivity index (χ0n) is 13.3. The number of nitrogens with zero attached hydrogens (tertiary/aromatic N) is 3. The summed E-state index contributed by atoms with van der Waals surface area (Å²) >= 11 is 9.45. The van der Waals surface area contributed by atoms with Crippen molar-refractivity contribution in [3.63, 3.8) is 0 Å². The van der Waals surface area contributed by atoms with Gasteiger partial charge in [0, 0.05) is 18.2 Å². The van der Waals surface area contributed by atoms with Crippen LogP contribution in [0.25, 0.3) is 11.0 Å². The molecule has 3 heterocycles. The quantitative estimate of drug-likeness (QED) is 0.516. The van der Waals surface area contributed by atoms with Gasteiger partial charge in [-0.05, 0) is 46.3 Å². The normalized spacial score (nSPS) is 20.1. The molecule has 1 fully saturated rings. The molecule has 8 heteroatoms. The van der Waals surface area contributed by atoms with E-state index < -0.39 is 23.8 Å². The molecule has 1 aromatic carbocycles. The third-order valence-electron chi connectivity index (χ3n) is 4.46. The van der Waals surface area contributed by atoms with Crippen LogP contribution in [0.1, 0.15) is 18.0 Å². The van der Waals surface area contributed by atoms with Crippen LogP contribution in [0.4, 0.5) is 19.0 Å². The lowest BCUT2D eigenvalue weighted by molar-refractivity contribution is 0.355. The Hall–Kier alpha value is -1.86. The van der Waals surface area contributed by atoms with E-state index >= 15 is 0 Å². The molecule has 2 atom stereocenters. The third-order valence-corrected chi connectivity index (χ3v) is 5.77. The monoisotopic (exact) mass is 441 g/mol. The first-order valence-corrected chi connectivity index (χ1v) is 9.07. The number of halogens is 5. The van der Waals surface area contributed by atoms with Crippen molar-refractivity contribution < 1.29 is 13.2 Å². The van der Waals surface area contributed by atoms with Crippen molar-refractivity contribution in [2.24, 2.45) is 0 Å². The van der Waals surface area contributed by atoms with Gasteiger partial charge >= 0.3 is 0 Å². The molecule has 1 aliphatic heterocycles. The molecular formula is C18H12BrClF3N3. The van der Waals surface area contributed by atoms with Gasteiger partial charge in [0.1, 0.15) is 29.1 Å². The second-order valence-corrected chi connectivity index (χ2v) is 7.32. The molecule has 4 rings (SSSR count). The smallest absolute Gasteiger partial charge is 0.130 e. The summed E-state index contributed by atoms with van der Waals surface area (Å²) in [5.41, 5.74) is 1.26. The first-order valence-electron chi connectivity index (χ1n) is 7.90. The molecule has 134 valence electrons. The van der Waals surface area contributed by atoms with Crippen LogP contribution < -0.4 is 4.90 Å². The van der Waals surface area contributed by atoms with E-state index in [1.54, 1.807) is 17.0 Å². The highest BCUT2D eigenvalue weighted by Crippen LogP contribution is 2.39. The minimum absolute atomic E-state index is 0.0464. The van der Waals surface area contributed by atoms with E-state index in [9.17, 15) is 13.2 Å². The van der Waals surface area contributed by atoms with E-state index in [-0.39, 0.29) is 18.5 Å². The van der Waals surface area contributed by atoms with Crippen molar-refractivity contribution in [3.05, 3.63) is 63.2 Å². The van der Waals surface area contributed by atoms with E-state index in [0.717, 1.165) is 18.2 Å².